The molecular formula is C8H10NOS. The van der Waals surface area contributed by atoms with E-state index in [0.717, 1.165) is 17.8 Å². The Balaban J connectivity index is 2.43. The van der Waals surface area contributed by atoms with Crippen LogP contribution in [0.3, 0.4) is 0 Å². The fourth-order valence-corrected chi connectivity index (χ4v) is 1.26. The van der Waals surface area contributed by atoms with Crippen molar-refractivity contribution in [2.45, 2.75) is 13.3 Å². The van der Waals surface area contributed by atoms with Gasteiger partial charge in [0.1, 0.15) is 0 Å². The first-order valence-corrected chi connectivity index (χ1v) is 4.45. The van der Waals surface area contributed by atoms with Crippen LogP contribution in [0.25, 0.3) is 0 Å². The average molecular weight is 168 g/mol. The molecule has 1 radical (unpaired) electrons. The molecule has 2 nitrogen and oxygen atoms in total. The maximum absolute atomic E-state index is 11.1. The van der Waals surface area contributed by atoms with Crippen LogP contribution in [0, 0.1) is 6.07 Å². The lowest BCUT2D eigenvalue weighted by Crippen LogP contribution is -2.22. The number of amides is 1. The van der Waals surface area contributed by atoms with E-state index < -0.39 is 0 Å². The van der Waals surface area contributed by atoms with Crippen LogP contribution in [0.1, 0.15) is 23.0 Å². The van der Waals surface area contributed by atoms with Gasteiger partial charge in [-0.05, 0) is 23.9 Å². The highest BCUT2D eigenvalue weighted by molar-refractivity contribution is 7.12. The molecule has 11 heavy (non-hydrogen) atoms. The van der Waals surface area contributed by atoms with Gasteiger partial charge in [-0.2, -0.15) is 0 Å². The van der Waals surface area contributed by atoms with Gasteiger partial charge in [-0.25, -0.2) is 0 Å². The number of hydrogen-bond donors (Lipinski definition) is 1. The molecule has 1 N–H and O–H groups in total. The molecule has 1 rings (SSSR count). The third kappa shape index (κ3) is 2.35. The van der Waals surface area contributed by atoms with Crippen LogP contribution in [-0.2, 0) is 0 Å². The molecule has 0 saturated heterocycles. The van der Waals surface area contributed by atoms with Crippen molar-refractivity contribution in [2.75, 3.05) is 6.54 Å². The highest BCUT2D eigenvalue weighted by Crippen LogP contribution is 2.06. The van der Waals surface area contributed by atoms with Crippen LogP contribution in [0.5, 0.6) is 0 Å². The van der Waals surface area contributed by atoms with E-state index in [2.05, 4.69) is 11.4 Å². The standard InChI is InChI=1S/C8H10NOS/c1-2-5-9-8(10)7-4-3-6-11-7/h4,6H,2,5H2,1H3,(H,9,10). The topological polar surface area (TPSA) is 29.1 Å². The molecule has 0 aliphatic heterocycles. The molecule has 1 aromatic heterocycles. The van der Waals surface area contributed by atoms with E-state index in [0.29, 0.717) is 0 Å². The summed E-state index contributed by atoms with van der Waals surface area (Å²) >= 11 is 1.41. The molecule has 0 aliphatic carbocycles. The van der Waals surface area contributed by atoms with Crippen LogP contribution in [0.4, 0.5) is 0 Å². The summed E-state index contributed by atoms with van der Waals surface area (Å²) < 4.78 is 0. The largest absolute Gasteiger partial charge is 0.351 e. The van der Waals surface area contributed by atoms with Gasteiger partial charge < -0.3 is 5.32 Å². The predicted molar refractivity (Wildman–Crippen MR) is 45.8 cm³/mol. The summed E-state index contributed by atoms with van der Waals surface area (Å²) in [6.45, 7) is 2.78. The van der Waals surface area contributed by atoms with Crippen LogP contribution in [0.2, 0.25) is 0 Å². The number of nitrogens with one attached hydrogen (secondary N) is 1. The van der Waals surface area contributed by atoms with Crippen molar-refractivity contribution in [1.29, 1.82) is 0 Å². The molecule has 0 spiro atoms. The van der Waals surface area contributed by atoms with Crippen molar-refractivity contribution >= 4 is 17.2 Å². The fourth-order valence-electron chi connectivity index (χ4n) is 0.686. The minimum atomic E-state index is 0.0121. The third-order valence-corrected chi connectivity index (χ3v) is 2.04. The Morgan fingerprint density at radius 1 is 1.82 bits per heavy atom. The predicted octanol–water partition coefficient (Wildman–Crippen LogP) is 1.69. The van der Waals surface area contributed by atoms with E-state index in [1.807, 2.05) is 6.92 Å². The average Bonchev–Trinajstić information content (AvgIpc) is 2.52. The second-order valence-electron chi connectivity index (χ2n) is 2.17. The highest BCUT2D eigenvalue weighted by Gasteiger charge is 2.03. The lowest BCUT2D eigenvalue weighted by Gasteiger charge is -1.98. The summed E-state index contributed by atoms with van der Waals surface area (Å²) in [5, 5.41) is 4.56. The van der Waals surface area contributed by atoms with Crippen molar-refractivity contribution in [3.05, 3.63) is 22.4 Å². The quantitative estimate of drug-likeness (QED) is 0.731. The van der Waals surface area contributed by atoms with Gasteiger partial charge in [-0.3, -0.25) is 4.79 Å². The summed E-state index contributed by atoms with van der Waals surface area (Å²) in [6.07, 6.45) is 0.973. The zero-order valence-corrected chi connectivity index (χ0v) is 7.20. The maximum atomic E-state index is 11.1. The smallest absolute Gasteiger partial charge is 0.261 e. The number of hydrogen-bond acceptors (Lipinski definition) is 2. The Labute approximate surface area is 70.2 Å². The first kappa shape index (κ1) is 8.27. The van der Waals surface area contributed by atoms with Crippen molar-refractivity contribution in [1.82, 2.24) is 5.32 Å². The summed E-state index contributed by atoms with van der Waals surface area (Å²) in [5.74, 6) is 0.0121. The maximum Gasteiger partial charge on any atom is 0.261 e. The molecule has 1 aromatic rings. The molecule has 1 heterocycles. The van der Waals surface area contributed by atoms with Crippen molar-refractivity contribution in [2.24, 2.45) is 0 Å². The SMILES string of the molecule is CCCNC(=O)c1c[c]cs1. The van der Waals surface area contributed by atoms with Crippen molar-refractivity contribution in [3.8, 4) is 0 Å². The minimum Gasteiger partial charge on any atom is -0.351 e. The highest BCUT2D eigenvalue weighted by atomic mass is 32.1. The van der Waals surface area contributed by atoms with Gasteiger partial charge in [0.25, 0.3) is 5.91 Å². The first-order valence-electron chi connectivity index (χ1n) is 3.57. The van der Waals surface area contributed by atoms with Gasteiger partial charge in [0.05, 0.1) is 4.88 Å². The number of rotatable bonds is 3. The second kappa shape index (κ2) is 4.13. The van der Waals surface area contributed by atoms with Gasteiger partial charge in [0, 0.05) is 6.54 Å². The molecule has 0 aliphatic rings. The summed E-state index contributed by atoms with van der Waals surface area (Å²) in [4.78, 5) is 11.9. The molecule has 0 fully saturated rings. The van der Waals surface area contributed by atoms with Gasteiger partial charge in [0.15, 0.2) is 0 Å². The lowest BCUT2D eigenvalue weighted by atomic mass is 10.4. The Hall–Kier alpha value is -0.830. The van der Waals surface area contributed by atoms with Gasteiger partial charge in [-0.15, -0.1) is 11.3 Å². The molecule has 0 unspecified atom stereocenters. The van der Waals surface area contributed by atoms with E-state index in [9.17, 15) is 4.79 Å². The van der Waals surface area contributed by atoms with E-state index in [4.69, 9.17) is 0 Å². The van der Waals surface area contributed by atoms with Gasteiger partial charge in [0.2, 0.25) is 0 Å². The fraction of sp³-hybridized carbons (Fsp3) is 0.375. The first-order chi connectivity index (χ1) is 5.34. The van der Waals surface area contributed by atoms with Crippen LogP contribution in [0.15, 0.2) is 11.4 Å². The van der Waals surface area contributed by atoms with Crippen LogP contribution in [-0.4, -0.2) is 12.5 Å². The Kier molecular flexibility index (Phi) is 3.11. The van der Waals surface area contributed by atoms with Crippen molar-refractivity contribution < 1.29 is 4.79 Å². The zero-order valence-electron chi connectivity index (χ0n) is 6.39. The molecule has 0 atom stereocenters. The van der Waals surface area contributed by atoms with Crippen LogP contribution < -0.4 is 5.32 Å². The molecule has 0 aromatic carbocycles. The van der Waals surface area contributed by atoms with Crippen molar-refractivity contribution in [3.63, 3.8) is 0 Å². The molecule has 3 heteroatoms. The number of carbonyl (C=O) groups is 1. The number of thiophene rings is 1. The van der Waals surface area contributed by atoms with Crippen LogP contribution >= 0.6 is 11.3 Å². The lowest BCUT2D eigenvalue weighted by molar-refractivity contribution is 0.0957. The van der Waals surface area contributed by atoms with E-state index in [1.54, 1.807) is 11.4 Å². The van der Waals surface area contributed by atoms with Gasteiger partial charge >= 0.3 is 0 Å². The van der Waals surface area contributed by atoms with E-state index in [-0.39, 0.29) is 5.91 Å². The Morgan fingerprint density at radius 3 is 3.18 bits per heavy atom. The molecule has 0 bridgehead atoms. The molecule has 1 amide bonds. The summed E-state index contributed by atoms with van der Waals surface area (Å²) in [7, 11) is 0. The minimum absolute atomic E-state index is 0.0121. The molecule has 0 saturated carbocycles. The van der Waals surface area contributed by atoms with E-state index in [1.165, 1.54) is 11.3 Å². The third-order valence-electron chi connectivity index (χ3n) is 1.23. The number of carbonyl (C=O) groups excluding carboxylic acids is 1. The normalized spacial score (nSPS) is 9.55. The van der Waals surface area contributed by atoms with E-state index >= 15 is 0 Å². The molecule has 59 valence electrons. The monoisotopic (exact) mass is 168 g/mol. The zero-order chi connectivity index (χ0) is 8.10. The Bertz CT molecular complexity index is 218. The summed E-state index contributed by atoms with van der Waals surface area (Å²) in [5.41, 5.74) is 0. The Morgan fingerprint density at radius 2 is 2.64 bits per heavy atom. The van der Waals surface area contributed by atoms with Gasteiger partial charge in [-0.1, -0.05) is 6.92 Å². The second-order valence-corrected chi connectivity index (χ2v) is 3.08. The summed E-state index contributed by atoms with van der Waals surface area (Å²) in [6, 6.07) is 4.55. The molecular weight excluding hydrogens is 158 g/mol.